The maximum Gasteiger partial charge on any atom is 0.268 e. The molecular weight excluding hydrogens is 270 g/mol. The Balaban J connectivity index is 1.67. The Morgan fingerprint density at radius 1 is 1.48 bits per heavy atom. The second-order valence-electron chi connectivity index (χ2n) is 5.46. The molecule has 0 atom stereocenters. The van der Waals surface area contributed by atoms with Crippen LogP contribution in [-0.4, -0.2) is 31.3 Å². The van der Waals surface area contributed by atoms with E-state index in [0.29, 0.717) is 17.1 Å². The molecule has 1 aromatic rings. The van der Waals surface area contributed by atoms with Gasteiger partial charge < -0.3 is 25.8 Å². The number of anilines is 3. The van der Waals surface area contributed by atoms with Crippen molar-refractivity contribution >= 4 is 23.0 Å². The highest BCUT2D eigenvalue weighted by atomic mass is 16.5. The Kier molecular flexibility index (Phi) is 3.63. The minimum absolute atomic E-state index is 0.0631. The topological polar surface area (TPSA) is 85.6 Å². The Labute approximate surface area is 124 Å². The predicted molar refractivity (Wildman–Crippen MR) is 81.7 cm³/mol. The molecule has 6 nitrogen and oxygen atoms in total. The number of nitrogens with one attached hydrogen (secondary N) is 2. The zero-order chi connectivity index (χ0) is 14.9. The standard InChI is InChI=1S/C15H21N3O3/c1-2-20-7-3-6-17-11-9-13-12(8-10(11)16)18-14(19)15(21-13)4-5-15/h8-9,17H,2-7,16H2,1H3,(H,18,19). The maximum atomic E-state index is 11.9. The average Bonchev–Trinajstić information content (AvgIpc) is 3.22. The summed E-state index contributed by atoms with van der Waals surface area (Å²) in [4.78, 5) is 11.9. The lowest BCUT2D eigenvalue weighted by Gasteiger charge is -2.26. The zero-order valence-electron chi connectivity index (χ0n) is 12.2. The first-order valence-electron chi connectivity index (χ1n) is 7.40. The molecule has 21 heavy (non-hydrogen) atoms. The van der Waals surface area contributed by atoms with E-state index < -0.39 is 5.60 Å². The molecule has 1 aliphatic carbocycles. The molecule has 1 aliphatic heterocycles. The Morgan fingerprint density at radius 3 is 3.00 bits per heavy atom. The first kappa shape index (κ1) is 14.0. The van der Waals surface area contributed by atoms with E-state index in [4.69, 9.17) is 15.2 Å². The van der Waals surface area contributed by atoms with E-state index in [1.54, 1.807) is 6.07 Å². The summed E-state index contributed by atoms with van der Waals surface area (Å²) in [5.41, 5.74) is 7.46. The van der Waals surface area contributed by atoms with Crippen molar-refractivity contribution in [1.82, 2.24) is 0 Å². The number of amides is 1. The van der Waals surface area contributed by atoms with Gasteiger partial charge >= 0.3 is 0 Å². The molecule has 1 amide bonds. The quantitative estimate of drug-likeness (QED) is 0.551. The van der Waals surface area contributed by atoms with Gasteiger partial charge in [-0.2, -0.15) is 0 Å². The van der Waals surface area contributed by atoms with Crippen LogP contribution >= 0.6 is 0 Å². The zero-order valence-corrected chi connectivity index (χ0v) is 12.2. The molecule has 1 aromatic carbocycles. The summed E-state index contributed by atoms with van der Waals surface area (Å²) in [7, 11) is 0. The van der Waals surface area contributed by atoms with Crippen LogP contribution in [-0.2, 0) is 9.53 Å². The van der Waals surface area contributed by atoms with Crippen LogP contribution in [0.4, 0.5) is 17.1 Å². The molecule has 114 valence electrons. The van der Waals surface area contributed by atoms with Crippen molar-refractivity contribution in [3.63, 3.8) is 0 Å². The van der Waals surface area contributed by atoms with Crippen molar-refractivity contribution in [2.24, 2.45) is 0 Å². The minimum Gasteiger partial charge on any atom is -0.475 e. The van der Waals surface area contributed by atoms with Crippen molar-refractivity contribution in [1.29, 1.82) is 0 Å². The molecule has 4 N–H and O–H groups in total. The van der Waals surface area contributed by atoms with Crippen LogP contribution in [0.1, 0.15) is 26.2 Å². The summed E-state index contributed by atoms with van der Waals surface area (Å²) < 4.78 is 11.1. The van der Waals surface area contributed by atoms with E-state index in [1.807, 2.05) is 13.0 Å². The molecule has 1 saturated carbocycles. The van der Waals surface area contributed by atoms with Crippen LogP contribution in [0.5, 0.6) is 5.75 Å². The summed E-state index contributed by atoms with van der Waals surface area (Å²) >= 11 is 0. The van der Waals surface area contributed by atoms with Crippen molar-refractivity contribution < 1.29 is 14.3 Å². The molecule has 1 heterocycles. The molecule has 1 spiro atoms. The number of hydrogen-bond donors (Lipinski definition) is 3. The number of fused-ring (bicyclic) bond motifs is 1. The normalized spacial score (nSPS) is 17.9. The largest absolute Gasteiger partial charge is 0.475 e. The van der Waals surface area contributed by atoms with Crippen LogP contribution < -0.4 is 21.1 Å². The lowest BCUT2D eigenvalue weighted by Crippen LogP contribution is -2.39. The smallest absolute Gasteiger partial charge is 0.268 e. The first-order valence-corrected chi connectivity index (χ1v) is 7.40. The van der Waals surface area contributed by atoms with E-state index in [-0.39, 0.29) is 5.91 Å². The summed E-state index contributed by atoms with van der Waals surface area (Å²) in [5.74, 6) is 0.625. The van der Waals surface area contributed by atoms with Gasteiger partial charge in [-0.15, -0.1) is 0 Å². The molecule has 3 rings (SSSR count). The second-order valence-corrected chi connectivity index (χ2v) is 5.46. The molecule has 0 bridgehead atoms. The maximum absolute atomic E-state index is 11.9. The molecule has 1 fully saturated rings. The Hall–Kier alpha value is -1.95. The van der Waals surface area contributed by atoms with E-state index in [2.05, 4.69) is 10.6 Å². The van der Waals surface area contributed by atoms with Gasteiger partial charge in [0.2, 0.25) is 0 Å². The Bertz CT molecular complexity index is 555. The summed E-state index contributed by atoms with van der Waals surface area (Å²) in [6.45, 7) is 4.22. The fraction of sp³-hybridized carbons (Fsp3) is 0.533. The number of carbonyl (C=O) groups is 1. The number of ether oxygens (including phenoxy) is 2. The van der Waals surface area contributed by atoms with Gasteiger partial charge in [0.15, 0.2) is 5.60 Å². The monoisotopic (exact) mass is 291 g/mol. The summed E-state index contributed by atoms with van der Waals surface area (Å²) in [5, 5.41) is 6.16. The third-order valence-corrected chi connectivity index (χ3v) is 3.81. The van der Waals surface area contributed by atoms with Gasteiger partial charge in [0.05, 0.1) is 17.1 Å². The molecule has 0 aromatic heterocycles. The number of nitrogens with two attached hydrogens (primary N) is 1. The van der Waals surface area contributed by atoms with Crippen LogP contribution in [0.3, 0.4) is 0 Å². The van der Waals surface area contributed by atoms with Crippen molar-refractivity contribution in [3.05, 3.63) is 12.1 Å². The minimum atomic E-state index is -0.630. The lowest BCUT2D eigenvalue weighted by molar-refractivity contribution is -0.125. The fourth-order valence-electron chi connectivity index (χ4n) is 2.41. The van der Waals surface area contributed by atoms with Crippen molar-refractivity contribution in [2.45, 2.75) is 31.8 Å². The van der Waals surface area contributed by atoms with Crippen molar-refractivity contribution in [2.75, 3.05) is 36.1 Å². The molecule has 0 unspecified atom stereocenters. The van der Waals surface area contributed by atoms with Gasteiger partial charge in [-0.25, -0.2) is 0 Å². The molecular formula is C15H21N3O3. The highest BCUT2D eigenvalue weighted by molar-refractivity contribution is 6.03. The first-order chi connectivity index (χ1) is 10.1. The van der Waals surface area contributed by atoms with E-state index >= 15 is 0 Å². The van der Waals surface area contributed by atoms with E-state index in [1.165, 1.54) is 0 Å². The van der Waals surface area contributed by atoms with Gasteiger partial charge in [-0.1, -0.05) is 0 Å². The fourth-order valence-corrected chi connectivity index (χ4v) is 2.41. The van der Waals surface area contributed by atoms with Gasteiger partial charge in [0.25, 0.3) is 5.91 Å². The van der Waals surface area contributed by atoms with Gasteiger partial charge in [-0.3, -0.25) is 4.79 Å². The SMILES string of the molecule is CCOCCCNc1cc2c(cc1N)NC(=O)C1(CC1)O2. The van der Waals surface area contributed by atoms with Gasteiger partial charge in [-0.05, 0) is 19.4 Å². The number of rotatable bonds is 6. The molecule has 0 saturated heterocycles. The van der Waals surface area contributed by atoms with Crippen LogP contribution in [0.15, 0.2) is 12.1 Å². The number of carbonyl (C=O) groups excluding carboxylic acids is 1. The van der Waals surface area contributed by atoms with Crippen LogP contribution in [0.2, 0.25) is 0 Å². The van der Waals surface area contributed by atoms with Crippen molar-refractivity contribution in [3.8, 4) is 5.75 Å². The number of hydrogen-bond acceptors (Lipinski definition) is 5. The third-order valence-electron chi connectivity index (χ3n) is 3.81. The summed E-state index contributed by atoms with van der Waals surface area (Å²) in [6, 6.07) is 3.61. The average molecular weight is 291 g/mol. The second kappa shape index (κ2) is 5.44. The molecule has 6 heteroatoms. The Morgan fingerprint density at radius 2 is 2.29 bits per heavy atom. The number of nitrogen functional groups attached to an aromatic ring is 1. The summed E-state index contributed by atoms with van der Waals surface area (Å²) in [6.07, 6.45) is 2.46. The molecule has 0 radical (unpaired) electrons. The van der Waals surface area contributed by atoms with E-state index in [9.17, 15) is 4.79 Å². The third kappa shape index (κ3) is 2.76. The van der Waals surface area contributed by atoms with Gasteiger partial charge in [0.1, 0.15) is 5.75 Å². The highest BCUT2D eigenvalue weighted by Gasteiger charge is 2.55. The van der Waals surface area contributed by atoms with E-state index in [0.717, 1.165) is 44.7 Å². The highest BCUT2D eigenvalue weighted by Crippen LogP contribution is 2.48. The number of benzene rings is 1. The predicted octanol–water partition coefficient (Wildman–Crippen LogP) is 1.97. The molecule has 2 aliphatic rings. The van der Waals surface area contributed by atoms with Gasteiger partial charge in [0, 0.05) is 38.7 Å². The van der Waals surface area contributed by atoms with Crippen LogP contribution in [0.25, 0.3) is 0 Å². The van der Waals surface area contributed by atoms with Crippen LogP contribution in [0, 0.1) is 0 Å². The lowest BCUT2D eigenvalue weighted by atomic mass is 10.1.